The van der Waals surface area contributed by atoms with Crippen molar-refractivity contribution in [2.45, 2.75) is 264 Å². The minimum absolute atomic E-state index is 0.178. The van der Waals surface area contributed by atoms with Gasteiger partial charge in [0.05, 0.1) is 13.2 Å². The van der Waals surface area contributed by atoms with Crippen LogP contribution in [-0.4, -0.2) is 25.2 Å². The maximum atomic E-state index is 12.0. The van der Waals surface area contributed by atoms with Gasteiger partial charge in [-0.2, -0.15) is 0 Å². The number of hydrogen-bond acceptors (Lipinski definition) is 4. The Balaban J connectivity index is 3.24. The van der Waals surface area contributed by atoms with E-state index in [-0.39, 0.29) is 11.9 Å². The molecule has 0 aliphatic heterocycles. The molecule has 0 saturated carbocycles. The standard InChI is InChI=1S/C45H88O4/c1-3-5-7-9-11-13-15-17-19-21-23-25-27-29-31-33-35-37-42-48-44(46)40-39-41-45(47)49-43-38-36-34-32-30-28-26-24-22-20-18-16-14-12-10-8-6-4-2/h3-43H2,1-2H3. The highest BCUT2D eigenvalue weighted by Gasteiger charge is 2.07. The van der Waals surface area contributed by atoms with Gasteiger partial charge in [-0.15, -0.1) is 0 Å². The van der Waals surface area contributed by atoms with E-state index in [2.05, 4.69) is 13.8 Å². The first kappa shape index (κ1) is 47.9. The maximum absolute atomic E-state index is 12.0. The molecule has 0 unspecified atom stereocenters. The third-order valence-electron chi connectivity index (χ3n) is 10.3. The summed E-state index contributed by atoms with van der Waals surface area (Å²) in [6.45, 7) is 5.61. The maximum Gasteiger partial charge on any atom is 0.305 e. The van der Waals surface area contributed by atoms with Gasteiger partial charge in [-0.25, -0.2) is 0 Å². The Labute approximate surface area is 307 Å². The summed E-state index contributed by atoms with van der Waals surface area (Å²) in [6, 6.07) is 0. The molecule has 292 valence electrons. The van der Waals surface area contributed by atoms with Gasteiger partial charge >= 0.3 is 11.9 Å². The second-order valence-corrected chi connectivity index (χ2v) is 15.3. The van der Waals surface area contributed by atoms with Crippen LogP contribution in [0.3, 0.4) is 0 Å². The summed E-state index contributed by atoms with van der Waals surface area (Å²) in [7, 11) is 0. The summed E-state index contributed by atoms with van der Waals surface area (Å²) in [4.78, 5) is 23.9. The molecule has 0 bridgehead atoms. The summed E-state index contributed by atoms with van der Waals surface area (Å²) in [5, 5.41) is 0. The van der Waals surface area contributed by atoms with Gasteiger partial charge in [-0.1, -0.05) is 232 Å². The van der Waals surface area contributed by atoms with E-state index < -0.39 is 0 Å². The van der Waals surface area contributed by atoms with Crippen molar-refractivity contribution in [2.24, 2.45) is 0 Å². The fourth-order valence-corrected chi connectivity index (χ4v) is 6.90. The summed E-state index contributed by atoms with van der Waals surface area (Å²) < 4.78 is 10.7. The number of unbranched alkanes of at least 4 members (excludes halogenated alkanes) is 34. The van der Waals surface area contributed by atoms with Gasteiger partial charge in [0.1, 0.15) is 0 Å². The van der Waals surface area contributed by atoms with Crippen LogP contribution in [0.4, 0.5) is 0 Å². The Kier molecular flexibility index (Phi) is 42.2. The van der Waals surface area contributed by atoms with Gasteiger partial charge in [-0.3, -0.25) is 9.59 Å². The first-order valence-corrected chi connectivity index (χ1v) is 22.5. The number of ether oxygens (including phenoxy) is 2. The molecule has 0 rings (SSSR count). The van der Waals surface area contributed by atoms with E-state index in [1.54, 1.807) is 0 Å². The summed E-state index contributed by atoms with van der Waals surface area (Å²) in [5.74, 6) is -0.355. The van der Waals surface area contributed by atoms with Crippen LogP contribution in [-0.2, 0) is 19.1 Å². The number of carbonyl (C=O) groups excluding carboxylic acids is 2. The molecule has 0 N–H and O–H groups in total. The molecule has 0 atom stereocenters. The zero-order chi connectivity index (χ0) is 35.6. The monoisotopic (exact) mass is 693 g/mol. The van der Waals surface area contributed by atoms with Gasteiger partial charge in [0.25, 0.3) is 0 Å². The average molecular weight is 693 g/mol. The van der Waals surface area contributed by atoms with Crippen LogP contribution in [0.25, 0.3) is 0 Å². The van der Waals surface area contributed by atoms with Crippen molar-refractivity contribution >= 4 is 11.9 Å². The Bertz CT molecular complexity index is 594. The van der Waals surface area contributed by atoms with Crippen molar-refractivity contribution in [1.29, 1.82) is 0 Å². The molecule has 0 radical (unpaired) electrons. The first-order valence-electron chi connectivity index (χ1n) is 22.5. The Morgan fingerprint density at radius 1 is 0.265 bits per heavy atom. The average Bonchev–Trinajstić information content (AvgIpc) is 3.10. The van der Waals surface area contributed by atoms with E-state index in [1.807, 2.05) is 0 Å². The van der Waals surface area contributed by atoms with Crippen LogP contribution < -0.4 is 0 Å². The number of carbonyl (C=O) groups is 2. The zero-order valence-corrected chi connectivity index (χ0v) is 33.6. The van der Waals surface area contributed by atoms with Crippen molar-refractivity contribution in [1.82, 2.24) is 0 Å². The second kappa shape index (κ2) is 43.1. The molecule has 0 spiro atoms. The lowest BCUT2D eigenvalue weighted by Crippen LogP contribution is -2.09. The topological polar surface area (TPSA) is 52.6 Å². The molecule has 0 heterocycles. The normalized spacial score (nSPS) is 11.3. The van der Waals surface area contributed by atoms with Crippen molar-refractivity contribution in [2.75, 3.05) is 13.2 Å². The third kappa shape index (κ3) is 43.0. The van der Waals surface area contributed by atoms with Crippen LogP contribution in [0.15, 0.2) is 0 Å². The number of esters is 2. The highest BCUT2D eigenvalue weighted by Crippen LogP contribution is 2.16. The minimum atomic E-state index is -0.178. The molecule has 0 amide bonds. The van der Waals surface area contributed by atoms with Crippen LogP contribution in [0, 0.1) is 0 Å². The summed E-state index contributed by atoms with van der Waals surface area (Å²) in [6.07, 6.45) is 49.9. The van der Waals surface area contributed by atoms with E-state index >= 15 is 0 Å². The molecule has 49 heavy (non-hydrogen) atoms. The molecule has 0 saturated heterocycles. The molecule has 0 aromatic heterocycles. The zero-order valence-electron chi connectivity index (χ0n) is 33.6. The first-order chi connectivity index (χ1) is 24.2. The van der Waals surface area contributed by atoms with E-state index in [0.29, 0.717) is 32.5 Å². The highest BCUT2D eigenvalue weighted by atomic mass is 16.5. The van der Waals surface area contributed by atoms with Gasteiger partial charge in [0.15, 0.2) is 0 Å². The molecule has 4 heteroatoms. The van der Waals surface area contributed by atoms with Crippen LogP contribution in [0.2, 0.25) is 0 Å². The number of hydrogen-bond donors (Lipinski definition) is 0. The van der Waals surface area contributed by atoms with Crippen molar-refractivity contribution in [3.8, 4) is 0 Å². The van der Waals surface area contributed by atoms with Crippen molar-refractivity contribution < 1.29 is 19.1 Å². The third-order valence-corrected chi connectivity index (χ3v) is 10.3. The lowest BCUT2D eigenvalue weighted by atomic mass is 10.0. The minimum Gasteiger partial charge on any atom is -0.466 e. The Hall–Kier alpha value is -1.06. The molecule has 4 nitrogen and oxygen atoms in total. The highest BCUT2D eigenvalue weighted by molar-refractivity contribution is 5.72. The van der Waals surface area contributed by atoms with Crippen LogP contribution in [0.5, 0.6) is 0 Å². The van der Waals surface area contributed by atoms with Gasteiger partial charge in [0.2, 0.25) is 0 Å². The van der Waals surface area contributed by atoms with Gasteiger partial charge in [0, 0.05) is 12.8 Å². The van der Waals surface area contributed by atoms with Crippen LogP contribution in [0.1, 0.15) is 264 Å². The van der Waals surface area contributed by atoms with Gasteiger partial charge < -0.3 is 9.47 Å². The Morgan fingerprint density at radius 2 is 0.449 bits per heavy atom. The molecule has 0 aromatic rings. The number of rotatable bonds is 42. The molecular formula is C45H88O4. The van der Waals surface area contributed by atoms with Gasteiger partial charge in [-0.05, 0) is 19.3 Å². The largest absolute Gasteiger partial charge is 0.466 e. The quantitative estimate of drug-likeness (QED) is 0.0472. The molecule has 0 aromatic carbocycles. The summed E-state index contributed by atoms with van der Waals surface area (Å²) >= 11 is 0. The molecule has 0 fully saturated rings. The van der Waals surface area contributed by atoms with E-state index in [9.17, 15) is 9.59 Å². The fraction of sp³-hybridized carbons (Fsp3) is 0.956. The fourth-order valence-electron chi connectivity index (χ4n) is 6.90. The SMILES string of the molecule is CCCCCCCCCCCCCCCCCCCCOC(=O)CCCC(=O)OCCCCCCCCCCCCCCCCCCCC. The lowest BCUT2D eigenvalue weighted by Gasteiger charge is -2.06. The lowest BCUT2D eigenvalue weighted by molar-refractivity contribution is -0.145. The molecule has 0 aliphatic rings. The van der Waals surface area contributed by atoms with Crippen LogP contribution >= 0.6 is 0 Å². The van der Waals surface area contributed by atoms with E-state index in [4.69, 9.17) is 9.47 Å². The smallest absolute Gasteiger partial charge is 0.305 e. The van der Waals surface area contributed by atoms with Crippen molar-refractivity contribution in [3.63, 3.8) is 0 Å². The predicted molar refractivity (Wildman–Crippen MR) is 213 cm³/mol. The second-order valence-electron chi connectivity index (χ2n) is 15.3. The Morgan fingerprint density at radius 3 is 0.653 bits per heavy atom. The van der Waals surface area contributed by atoms with Crippen molar-refractivity contribution in [3.05, 3.63) is 0 Å². The van der Waals surface area contributed by atoms with E-state index in [0.717, 1.165) is 25.7 Å². The molecule has 0 aliphatic carbocycles. The predicted octanol–water partition coefficient (Wildman–Crippen LogP) is 15.3. The molecular weight excluding hydrogens is 604 g/mol. The van der Waals surface area contributed by atoms with E-state index in [1.165, 1.54) is 205 Å². The summed E-state index contributed by atoms with van der Waals surface area (Å²) in [5.41, 5.74) is 0.